The van der Waals surface area contributed by atoms with Crippen LogP contribution in [0.25, 0.3) is 21.3 Å². The number of anilines is 1. The molecule has 7 heteroatoms. The van der Waals surface area contributed by atoms with Crippen molar-refractivity contribution in [2.75, 3.05) is 18.0 Å². The monoisotopic (exact) mass is 443 g/mol. The van der Waals surface area contributed by atoms with Crippen LogP contribution in [0, 0.1) is 5.92 Å². The van der Waals surface area contributed by atoms with Gasteiger partial charge in [0.1, 0.15) is 10.6 Å². The number of fused-ring (bicyclic) bond motifs is 1. The molecular formula is C23H26ClN3O2S. The van der Waals surface area contributed by atoms with Crippen LogP contribution in [-0.4, -0.2) is 34.1 Å². The maximum absolute atomic E-state index is 11.6. The zero-order valence-electron chi connectivity index (χ0n) is 17.5. The molecular weight excluding hydrogens is 418 g/mol. The number of aryl methyl sites for hydroxylation is 1. The predicted molar refractivity (Wildman–Crippen MR) is 124 cm³/mol. The van der Waals surface area contributed by atoms with Crippen molar-refractivity contribution in [3.05, 3.63) is 40.0 Å². The van der Waals surface area contributed by atoms with E-state index in [2.05, 4.69) is 59.9 Å². The Hall–Kier alpha value is -2.18. The molecule has 0 aliphatic carbocycles. The molecule has 1 unspecified atom stereocenters. The lowest BCUT2D eigenvalue weighted by Crippen LogP contribution is -2.39. The Morgan fingerprint density at radius 1 is 1.30 bits per heavy atom. The van der Waals surface area contributed by atoms with Crippen molar-refractivity contribution in [1.29, 1.82) is 0 Å². The van der Waals surface area contributed by atoms with Gasteiger partial charge in [-0.1, -0.05) is 45.0 Å². The SMILES string of the molecule is CCc1sc2nc(Cl)nc(N3CCCC(C(=O)O)C3)c2c1-c1ccc(C(C)C)cc1. The number of thiophene rings is 1. The maximum atomic E-state index is 11.6. The summed E-state index contributed by atoms with van der Waals surface area (Å²) in [5.41, 5.74) is 3.59. The maximum Gasteiger partial charge on any atom is 0.308 e. The Balaban J connectivity index is 1.89. The zero-order valence-corrected chi connectivity index (χ0v) is 19.1. The van der Waals surface area contributed by atoms with Crippen LogP contribution in [0.5, 0.6) is 0 Å². The summed E-state index contributed by atoms with van der Waals surface area (Å²) >= 11 is 7.94. The van der Waals surface area contributed by atoms with Crippen molar-refractivity contribution in [2.45, 2.75) is 46.0 Å². The van der Waals surface area contributed by atoms with E-state index in [4.69, 9.17) is 11.6 Å². The standard InChI is InChI=1S/C23H26ClN3O2S/c1-4-17-18(15-9-7-14(8-10-15)13(2)3)19-20(25-23(24)26-21(19)30-17)27-11-5-6-16(12-27)22(28)29/h7-10,13,16H,4-6,11-12H2,1-3H3,(H,28,29). The van der Waals surface area contributed by atoms with Crippen molar-refractivity contribution >= 4 is 44.9 Å². The van der Waals surface area contributed by atoms with Gasteiger partial charge in [0, 0.05) is 23.5 Å². The van der Waals surface area contributed by atoms with Gasteiger partial charge in [-0.3, -0.25) is 4.79 Å². The number of benzene rings is 1. The first-order chi connectivity index (χ1) is 14.4. The molecule has 3 aromatic rings. The van der Waals surface area contributed by atoms with Gasteiger partial charge in [-0.05, 0) is 47.9 Å². The van der Waals surface area contributed by atoms with Gasteiger partial charge in [-0.2, -0.15) is 4.98 Å². The number of rotatable bonds is 5. The molecule has 1 fully saturated rings. The van der Waals surface area contributed by atoms with Crippen molar-refractivity contribution in [3.63, 3.8) is 0 Å². The summed E-state index contributed by atoms with van der Waals surface area (Å²) in [6.45, 7) is 7.74. The predicted octanol–water partition coefficient (Wildman–Crippen LogP) is 6.00. The molecule has 0 bridgehead atoms. The number of piperidine rings is 1. The average Bonchev–Trinajstić information content (AvgIpc) is 3.11. The van der Waals surface area contributed by atoms with Crippen LogP contribution in [0.15, 0.2) is 24.3 Å². The highest BCUT2D eigenvalue weighted by Gasteiger charge is 2.29. The average molecular weight is 444 g/mol. The quantitative estimate of drug-likeness (QED) is 0.490. The summed E-state index contributed by atoms with van der Waals surface area (Å²) in [7, 11) is 0. The number of aliphatic carboxylic acids is 1. The van der Waals surface area contributed by atoms with Crippen LogP contribution in [0.3, 0.4) is 0 Å². The highest BCUT2D eigenvalue weighted by Crippen LogP contribution is 2.43. The van der Waals surface area contributed by atoms with Crippen molar-refractivity contribution in [1.82, 2.24) is 9.97 Å². The molecule has 0 amide bonds. The van der Waals surface area contributed by atoms with E-state index in [0.29, 0.717) is 18.9 Å². The molecule has 1 N–H and O–H groups in total. The summed E-state index contributed by atoms with van der Waals surface area (Å²) in [5.74, 6) is 0.0958. The first-order valence-corrected chi connectivity index (χ1v) is 11.7. The van der Waals surface area contributed by atoms with Gasteiger partial charge in [0.25, 0.3) is 0 Å². The number of carbonyl (C=O) groups is 1. The van der Waals surface area contributed by atoms with E-state index in [0.717, 1.165) is 46.5 Å². The summed E-state index contributed by atoms with van der Waals surface area (Å²) in [6.07, 6.45) is 2.40. The summed E-state index contributed by atoms with van der Waals surface area (Å²) in [4.78, 5) is 24.9. The van der Waals surface area contributed by atoms with Gasteiger partial charge < -0.3 is 10.0 Å². The van der Waals surface area contributed by atoms with Crippen LogP contribution in [0.1, 0.15) is 50.0 Å². The minimum atomic E-state index is -0.750. The van der Waals surface area contributed by atoms with Gasteiger partial charge in [-0.15, -0.1) is 11.3 Å². The third-order valence-electron chi connectivity index (χ3n) is 5.84. The molecule has 0 spiro atoms. The Labute approximate surface area is 185 Å². The van der Waals surface area contributed by atoms with E-state index in [1.165, 1.54) is 10.4 Å². The van der Waals surface area contributed by atoms with E-state index in [1.807, 2.05) is 0 Å². The molecule has 1 aliphatic heterocycles. The molecule has 1 aromatic carbocycles. The van der Waals surface area contributed by atoms with Crippen LogP contribution in [-0.2, 0) is 11.2 Å². The van der Waals surface area contributed by atoms with Crippen LogP contribution in [0.4, 0.5) is 5.82 Å². The van der Waals surface area contributed by atoms with Gasteiger partial charge in [0.15, 0.2) is 0 Å². The minimum Gasteiger partial charge on any atom is -0.481 e. The third-order valence-corrected chi connectivity index (χ3v) is 7.23. The van der Waals surface area contributed by atoms with Crippen molar-refractivity contribution in [2.24, 2.45) is 5.92 Å². The lowest BCUT2D eigenvalue weighted by atomic mass is 9.96. The first kappa shape index (κ1) is 21.1. The Morgan fingerprint density at radius 2 is 2.03 bits per heavy atom. The molecule has 1 atom stereocenters. The van der Waals surface area contributed by atoms with E-state index < -0.39 is 5.97 Å². The largest absolute Gasteiger partial charge is 0.481 e. The van der Waals surface area contributed by atoms with Crippen LogP contribution in [0.2, 0.25) is 5.28 Å². The first-order valence-electron chi connectivity index (χ1n) is 10.5. The number of hydrogen-bond donors (Lipinski definition) is 1. The van der Waals surface area contributed by atoms with Gasteiger partial charge in [0.2, 0.25) is 5.28 Å². The Bertz CT molecular complexity index is 1080. The second kappa shape index (κ2) is 8.52. The molecule has 5 nitrogen and oxygen atoms in total. The fourth-order valence-corrected chi connectivity index (χ4v) is 5.53. The Kier molecular flexibility index (Phi) is 5.98. The van der Waals surface area contributed by atoms with E-state index in [9.17, 15) is 9.90 Å². The number of nitrogens with zero attached hydrogens (tertiary/aromatic N) is 3. The van der Waals surface area contributed by atoms with E-state index in [-0.39, 0.29) is 11.2 Å². The normalized spacial score (nSPS) is 17.1. The summed E-state index contributed by atoms with van der Waals surface area (Å²) in [6, 6.07) is 8.71. The topological polar surface area (TPSA) is 66.3 Å². The minimum absolute atomic E-state index is 0.209. The van der Waals surface area contributed by atoms with Gasteiger partial charge in [-0.25, -0.2) is 4.98 Å². The second-order valence-corrected chi connectivity index (χ2v) is 9.57. The van der Waals surface area contributed by atoms with Crippen molar-refractivity contribution < 1.29 is 9.90 Å². The van der Waals surface area contributed by atoms with Crippen LogP contribution >= 0.6 is 22.9 Å². The fraction of sp³-hybridized carbons (Fsp3) is 0.435. The molecule has 0 radical (unpaired) electrons. The number of carboxylic acid groups (broad SMARTS) is 1. The molecule has 30 heavy (non-hydrogen) atoms. The molecule has 4 rings (SSSR count). The van der Waals surface area contributed by atoms with E-state index >= 15 is 0 Å². The van der Waals surface area contributed by atoms with E-state index in [1.54, 1.807) is 11.3 Å². The lowest BCUT2D eigenvalue weighted by molar-refractivity contribution is -0.141. The third kappa shape index (κ3) is 3.91. The van der Waals surface area contributed by atoms with Gasteiger partial charge in [0.05, 0.1) is 11.3 Å². The fourth-order valence-electron chi connectivity index (χ4n) is 4.19. The molecule has 1 aliphatic rings. The molecule has 0 saturated carbocycles. The summed E-state index contributed by atoms with van der Waals surface area (Å²) < 4.78 is 0. The number of aromatic nitrogens is 2. The second-order valence-electron chi connectivity index (χ2n) is 8.15. The highest BCUT2D eigenvalue weighted by atomic mass is 35.5. The van der Waals surface area contributed by atoms with Crippen molar-refractivity contribution in [3.8, 4) is 11.1 Å². The smallest absolute Gasteiger partial charge is 0.308 e. The number of hydrogen-bond acceptors (Lipinski definition) is 5. The highest BCUT2D eigenvalue weighted by molar-refractivity contribution is 7.19. The summed E-state index contributed by atoms with van der Waals surface area (Å²) in [5, 5.41) is 10.7. The number of carboxylic acids is 1. The molecule has 2 aromatic heterocycles. The lowest BCUT2D eigenvalue weighted by Gasteiger charge is -2.32. The van der Waals surface area contributed by atoms with Gasteiger partial charge >= 0.3 is 5.97 Å². The number of halogens is 1. The molecule has 1 saturated heterocycles. The Morgan fingerprint density at radius 3 is 2.67 bits per heavy atom. The molecule has 3 heterocycles. The zero-order chi connectivity index (χ0) is 21.4. The van der Waals surface area contributed by atoms with Crippen LogP contribution < -0.4 is 4.90 Å². The molecule has 158 valence electrons.